The Bertz CT molecular complexity index is 449. The van der Waals surface area contributed by atoms with Crippen LogP contribution < -0.4 is 5.32 Å². The SMILES string of the molecule is CCC(C)(C)C(=O)Nc1sc(C)cc1C(=O)O. The van der Waals surface area contributed by atoms with E-state index in [1.807, 2.05) is 27.7 Å². The average Bonchev–Trinajstić information content (AvgIpc) is 2.59. The molecule has 4 nitrogen and oxygen atoms in total. The zero-order valence-electron chi connectivity index (χ0n) is 10.5. The summed E-state index contributed by atoms with van der Waals surface area (Å²) in [5, 5.41) is 12.1. The van der Waals surface area contributed by atoms with Crippen LogP contribution in [0.1, 0.15) is 42.4 Å². The molecule has 0 aliphatic rings. The number of amides is 1. The first-order valence-electron chi connectivity index (χ1n) is 5.43. The Morgan fingerprint density at radius 1 is 1.47 bits per heavy atom. The summed E-state index contributed by atoms with van der Waals surface area (Å²) in [5.74, 6) is -1.16. The number of hydrogen-bond acceptors (Lipinski definition) is 3. The molecule has 94 valence electrons. The Hall–Kier alpha value is -1.36. The third-order valence-electron chi connectivity index (χ3n) is 2.81. The summed E-state index contributed by atoms with van der Waals surface area (Å²) in [6.45, 7) is 7.42. The first-order chi connectivity index (χ1) is 7.77. The van der Waals surface area contributed by atoms with Gasteiger partial charge in [0, 0.05) is 10.3 Å². The quantitative estimate of drug-likeness (QED) is 0.868. The largest absolute Gasteiger partial charge is 0.478 e. The smallest absolute Gasteiger partial charge is 0.338 e. The average molecular weight is 255 g/mol. The van der Waals surface area contributed by atoms with Crippen molar-refractivity contribution in [3.8, 4) is 0 Å². The van der Waals surface area contributed by atoms with Crippen molar-refractivity contribution in [2.45, 2.75) is 34.1 Å². The van der Waals surface area contributed by atoms with Crippen molar-refractivity contribution >= 4 is 28.2 Å². The second kappa shape index (κ2) is 4.87. The lowest BCUT2D eigenvalue weighted by Crippen LogP contribution is -2.30. The van der Waals surface area contributed by atoms with Crippen molar-refractivity contribution < 1.29 is 14.7 Å². The molecule has 1 amide bonds. The van der Waals surface area contributed by atoms with Gasteiger partial charge in [0.2, 0.25) is 5.91 Å². The van der Waals surface area contributed by atoms with Crippen molar-refractivity contribution in [1.82, 2.24) is 0 Å². The van der Waals surface area contributed by atoms with Crippen LogP contribution in [0.25, 0.3) is 0 Å². The lowest BCUT2D eigenvalue weighted by Gasteiger charge is -2.21. The molecule has 1 rings (SSSR count). The highest BCUT2D eigenvalue weighted by Crippen LogP contribution is 2.30. The van der Waals surface area contributed by atoms with Crippen molar-refractivity contribution in [1.29, 1.82) is 0 Å². The number of aromatic carboxylic acids is 1. The van der Waals surface area contributed by atoms with E-state index >= 15 is 0 Å². The van der Waals surface area contributed by atoms with Gasteiger partial charge in [-0.15, -0.1) is 11.3 Å². The van der Waals surface area contributed by atoms with Crippen LogP contribution in [0.2, 0.25) is 0 Å². The molecule has 2 N–H and O–H groups in total. The third-order valence-corrected chi connectivity index (χ3v) is 3.78. The number of nitrogens with one attached hydrogen (secondary N) is 1. The number of carbonyl (C=O) groups excluding carboxylic acids is 1. The number of carboxylic acids is 1. The first-order valence-corrected chi connectivity index (χ1v) is 6.24. The second-order valence-corrected chi connectivity index (χ2v) is 5.85. The minimum absolute atomic E-state index is 0.149. The Balaban J connectivity index is 2.96. The van der Waals surface area contributed by atoms with E-state index < -0.39 is 11.4 Å². The number of carboxylic acid groups (broad SMARTS) is 1. The van der Waals surface area contributed by atoms with E-state index in [0.717, 1.165) is 4.88 Å². The molecule has 0 unspecified atom stereocenters. The fourth-order valence-corrected chi connectivity index (χ4v) is 2.10. The molecule has 0 fully saturated rings. The van der Waals surface area contributed by atoms with Crippen LogP contribution in [-0.4, -0.2) is 17.0 Å². The summed E-state index contributed by atoms with van der Waals surface area (Å²) >= 11 is 1.28. The van der Waals surface area contributed by atoms with Gasteiger partial charge in [-0.3, -0.25) is 4.79 Å². The van der Waals surface area contributed by atoms with Crippen molar-refractivity contribution in [2.24, 2.45) is 5.41 Å². The summed E-state index contributed by atoms with van der Waals surface area (Å²) in [6, 6.07) is 1.57. The van der Waals surface area contributed by atoms with E-state index in [9.17, 15) is 9.59 Å². The molecule has 0 saturated carbocycles. The van der Waals surface area contributed by atoms with Crippen LogP contribution in [0, 0.1) is 12.3 Å². The van der Waals surface area contributed by atoms with Gasteiger partial charge in [-0.25, -0.2) is 4.79 Å². The molecule has 1 heterocycles. The third kappa shape index (κ3) is 3.06. The van der Waals surface area contributed by atoms with Gasteiger partial charge in [0.05, 0.1) is 5.56 Å². The topological polar surface area (TPSA) is 66.4 Å². The Morgan fingerprint density at radius 3 is 2.53 bits per heavy atom. The standard InChI is InChI=1S/C12H17NO3S/c1-5-12(3,4)11(16)13-9-8(10(14)15)6-7(2)17-9/h6H,5H2,1-4H3,(H,13,16)(H,14,15). The summed E-state index contributed by atoms with van der Waals surface area (Å²) in [7, 11) is 0. The molecule has 1 aromatic heterocycles. The Labute approximate surface area is 105 Å². The Kier molecular flexibility index (Phi) is 3.93. The number of aryl methyl sites for hydroxylation is 1. The molecule has 0 aliphatic carbocycles. The first kappa shape index (κ1) is 13.7. The van der Waals surface area contributed by atoms with E-state index in [0.29, 0.717) is 11.4 Å². The van der Waals surface area contributed by atoms with Gasteiger partial charge in [-0.1, -0.05) is 20.8 Å². The van der Waals surface area contributed by atoms with Crippen LogP contribution in [0.15, 0.2) is 6.07 Å². The van der Waals surface area contributed by atoms with Crippen LogP contribution >= 0.6 is 11.3 Å². The number of rotatable bonds is 4. The van der Waals surface area contributed by atoms with E-state index in [-0.39, 0.29) is 11.5 Å². The van der Waals surface area contributed by atoms with Crippen LogP contribution in [0.5, 0.6) is 0 Å². The van der Waals surface area contributed by atoms with Crippen LogP contribution in [-0.2, 0) is 4.79 Å². The number of thiophene rings is 1. The maximum atomic E-state index is 12.0. The van der Waals surface area contributed by atoms with Crippen molar-refractivity contribution in [2.75, 3.05) is 5.32 Å². The number of hydrogen-bond donors (Lipinski definition) is 2. The van der Waals surface area contributed by atoms with Gasteiger partial charge in [-0.2, -0.15) is 0 Å². The van der Waals surface area contributed by atoms with Gasteiger partial charge in [0.15, 0.2) is 0 Å². The van der Waals surface area contributed by atoms with Crippen molar-refractivity contribution in [3.05, 3.63) is 16.5 Å². The van der Waals surface area contributed by atoms with Gasteiger partial charge < -0.3 is 10.4 Å². The second-order valence-electron chi connectivity index (χ2n) is 4.60. The van der Waals surface area contributed by atoms with E-state index in [2.05, 4.69) is 5.32 Å². The van der Waals surface area contributed by atoms with Gasteiger partial charge in [-0.05, 0) is 19.4 Å². The van der Waals surface area contributed by atoms with E-state index in [4.69, 9.17) is 5.11 Å². The highest BCUT2D eigenvalue weighted by Gasteiger charge is 2.27. The molecule has 0 aliphatic heterocycles. The summed E-state index contributed by atoms with van der Waals surface area (Å²) < 4.78 is 0. The lowest BCUT2D eigenvalue weighted by atomic mass is 9.89. The van der Waals surface area contributed by atoms with E-state index in [1.54, 1.807) is 6.07 Å². The molecule has 0 atom stereocenters. The van der Waals surface area contributed by atoms with Crippen LogP contribution in [0.3, 0.4) is 0 Å². The molecule has 0 bridgehead atoms. The molecule has 5 heteroatoms. The maximum absolute atomic E-state index is 12.0. The molecule has 0 saturated heterocycles. The number of carbonyl (C=O) groups is 2. The van der Waals surface area contributed by atoms with Gasteiger partial charge in [0.1, 0.15) is 5.00 Å². The molecule has 17 heavy (non-hydrogen) atoms. The fourth-order valence-electron chi connectivity index (χ4n) is 1.20. The predicted octanol–water partition coefficient (Wildman–Crippen LogP) is 3.13. The molecule has 0 spiro atoms. The minimum atomic E-state index is -1.01. The summed E-state index contributed by atoms with van der Waals surface area (Å²) in [5.41, 5.74) is -0.332. The fraction of sp³-hybridized carbons (Fsp3) is 0.500. The van der Waals surface area contributed by atoms with Gasteiger partial charge >= 0.3 is 5.97 Å². The zero-order chi connectivity index (χ0) is 13.2. The molecular weight excluding hydrogens is 238 g/mol. The minimum Gasteiger partial charge on any atom is -0.478 e. The lowest BCUT2D eigenvalue weighted by molar-refractivity contribution is -0.124. The maximum Gasteiger partial charge on any atom is 0.338 e. The predicted molar refractivity (Wildman–Crippen MR) is 68.7 cm³/mol. The monoisotopic (exact) mass is 255 g/mol. The molecular formula is C12H17NO3S. The molecule has 1 aromatic rings. The van der Waals surface area contributed by atoms with Gasteiger partial charge in [0.25, 0.3) is 0 Å². The zero-order valence-corrected chi connectivity index (χ0v) is 11.3. The Morgan fingerprint density at radius 2 is 2.06 bits per heavy atom. The van der Waals surface area contributed by atoms with Crippen molar-refractivity contribution in [3.63, 3.8) is 0 Å². The summed E-state index contributed by atoms with van der Waals surface area (Å²) in [4.78, 5) is 23.8. The van der Waals surface area contributed by atoms with Crippen LogP contribution in [0.4, 0.5) is 5.00 Å². The highest BCUT2D eigenvalue weighted by molar-refractivity contribution is 7.16. The number of anilines is 1. The van der Waals surface area contributed by atoms with E-state index in [1.165, 1.54) is 11.3 Å². The highest BCUT2D eigenvalue weighted by atomic mass is 32.1. The molecule has 0 aromatic carbocycles. The normalized spacial score (nSPS) is 11.3. The summed E-state index contributed by atoms with van der Waals surface area (Å²) in [6.07, 6.45) is 0.700. The molecule has 0 radical (unpaired) electrons.